The number of alkyl halides is 4. The summed E-state index contributed by atoms with van der Waals surface area (Å²) < 4.78 is 53.0. The second-order valence-electron chi connectivity index (χ2n) is 9.81. The van der Waals surface area contributed by atoms with E-state index in [1.54, 1.807) is 19.9 Å². The van der Waals surface area contributed by atoms with E-state index in [2.05, 4.69) is 5.32 Å². The Morgan fingerprint density at radius 1 is 1.06 bits per heavy atom. The van der Waals surface area contributed by atoms with Gasteiger partial charge in [-0.2, -0.15) is 17.6 Å². The molecular weight excluding hydrogens is 466 g/mol. The Morgan fingerprint density at radius 2 is 1.66 bits per heavy atom. The molecule has 0 aliphatic carbocycles. The van der Waals surface area contributed by atoms with Crippen LogP contribution in [0.2, 0.25) is 0 Å². The highest BCUT2D eigenvalue weighted by molar-refractivity contribution is 5.91. The second-order valence-corrected chi connectivity index (χ2v) is 9.81. The highest BCUT2D eigenvalue weighted by Crippen LogP contribution is 2.40. The van der Waals surface area contributed by atoms with Gasteiger partial charge in [0, 0.05) is 31.0 Å². The van der Waals surface area contributed by atoms with E-state index >= 15 is 0 Å². The van der Waals surface area contributed by atoms with Crippen molar-refractivity contribution >= 4 is 17.5 Å². The predicted octanol–water partition coefficient (Wildman–Crippen LogP) is 3.87. The third-order valence-corrected chi connectivity index (χ3v) is 6.02. The normalized spacial score (nSPS) is 19.0. The Kier molecular flexibility index (Phi) is 11.8. The first-order valence-corrected chi connectivity index (χ1v) is 12.0. The molecule has 0 aromatic rings. The molecule has 1 unspecified atom stereocenters. The van der Waals surface area contributed by atoms with E-state index in [9.17, 15) is 31.9 Å². The van der Waals surface area contributed by atoms with Crippen LogP contribution in [-0.4, -0.2) is 83.9 Å². The smallest absolute Gasteiger partial charge is 0.323 e. The molecule has 1 fully saturated rings. The zero-order valence-corrected chi connectivity index (χ0v) is 21.4. The van der Waals surface area contributed by atoms with Gasteiger partial charge in [-0.3, -0.25) is 24.2 Å². The molecule has 1 amide bonds. The summed E-state index contributed by atoms with van der Waals surface area (Å²) in [6.07, 6.45) is 7.30. The minimum absolute atomic E-state index is 0.0318. The molecule has 1 aliphatic heterocycles. The summed E-state index contributed by atoms with van der Waals surface area (Å²) in [5, 5.41) is 2.97. The number of nitrogens with one attached hydrogen (secondary N) is 1. The number of likely N-dealkylation sites (N-methyl/N-ethyl adjacent to an activating group) is 1. The van der Waals surface area contributed by atoms with Gasteiger partial charge in [-0.05, 0) is 45.4 Å². The van der Waals surface area contributed by atoms with E-state index in [4.69, 9.17) is 0 Å². The topological polar surface area (TPSA) is 69.7 Å². The van der Waals surface area contributed by atoms with Gasteiger partial charge in [0.2, 0.25) is 5.91 Å². The molecule has 1 aliphatic rings. The summed E-state index contributed by atoms with van der Waals surface area (Å²) in [5.74, 6) is -8.86. The van der Waals surface area contributed by atoms with Crippen LogP contribution in [0.5, 0.6) is 0 Å². The number of hydrogen-bond donors (Lipinski definition) is 1. The van der Waals surface area contributed by atoms with Crippen LogP contribution in [-0.2, 0) is 14.4 Å². The van der Waals surface area contributed by atoms with Crippen molar-refractivity contribution in [2.24, 2.45) is 5.92 Å². The fraction of sp³-hybridized carbons (Fsp3) is 0.720. The van der Waals surface area contributed by atoms with Crippen molar-refractivity contribution in [2.75, 3.05) is 39.3 Å². The van der Waals surface area contributed by atoms with Crippen LogP contribution >= 0.6 is 0 Å². The lowest BCUT2D eigenvalue weighted by Gasteiger charge is -2.29. The molecule has 0 aromatic carbocycles. The molecule has 1 saturated heterocycles. The van der Waals surface area contributed by atoms with E-state index in [-0.39, 0.29) is 36.5 Å². The third kappa shape index (κ3) is 10.6. The second kappa shape index (κ2) is 13.3. The molecule has 0 saturated carbocycles. The van der Waals surface area contributed by atoms with Crippen molar-refractivity contribution in [2.45, 2.75) is 71.3 Å². The molecular formula is C25H39F4N3O3. The van der Waals surface area contributed by atoms with E-state index in [0.717, 1.165) is 4.90 Å². The van der Waals surface area contributed by atoms with Crippen LogP contribution in [0, 0.1) is 5.92 Å². The van der Waals surface area contributed by atoms with E-state index < -0.39 is 30.5 Å². The number of hydrogen-bond acceptors (Lipinski definition) is 5. The van der Waals surface area contributed by atoms with Crippen molar-refractivity contribution in [3.63, 3.8) is 0 Å². The van der Waals surface area contributed by atoms with Gasteiger partial charge < -0.3 is 5.32 Å². The number of amides is 1. The molecule has 1 heterocycles. The van der Waals surface area contributed by atoms with Gasteiger partial charge in [0.05, 0.1) is 19.6 Å². The van der Waals surface area contributed by atoms with Gasteiger partial charge in [0.25, 0.3) is 0 Å². The lowest BCUT2D eigenvalue weighted by atomic mass is 9.91. The lowest BCUT2D eigenvalue weighted by molar-refractivity contribution is -0.172. The van der Waals surface area contributed by atoms with Gasteiger partial charge in [0.1, 0.15) is 0 Å². The van der Waals surface area contributed by atoms with Crippen LogP contribution < -0.4 is 5.32 Å². The van der Waals surface area contributed by atoms with Gasteiger partial charge in [0.15, 0.2) is 11.6 Å². The van der Waals surface area contributed by atoms with Crippen molar-refractivity contribution in [3.05, 3.63) is 24.3 Å². The number of allylic oxidation sites excluding steroid dienone is 2. The maximum Gasteiger partial charge on any atom is 0.323 e. The minimum atomic E-state index is -4.06. The Morgan fingerprint density at radius 3 is 2.20 bits per heavy atom. The Bertz CT molecular complexity index is 781. The number of ketones is 2. The molecule has 0 spiro atoms. The maximum atomic E-state index is 13.2. The molecule has 0 aromatic heterocycles. The van der Waals surface area contributed by atoms with Gasteiger partial charge in [-0.25, -0.2) is 0 Å². The molecule has 1 rings (SSSR count). The number of nitrogens with zero attached hydrogens (tertiary/aromatic N) is 2. The first-order valence-electron chi connectivity index (χ1n) is 12.0. The lowest BCUT2D eigenvalue weighted by Crippen LogP contribution is -2.48. The average Bonchev–Trinajstić information content (AvgIpc) is 2.96. The monoisotopic (exact) mass is 505 g/mol. The SMILES string of the molecule is CCC(=O)/C=C/CN(CC)CC(=O)NC(C)(C)CCC(C)C(=O)/C=C/CN1CC(F)(F)C(F)(F)C1. The number of halogens is 4. The van der Waals surface area contributed by atoms with Crippen LogP contribution in [0.3, 0.4) is 0 Å². The van der Waals surface area contributed by atoms with E-state index in [1.807, 2.05) is 25.7 Å². The van der Waals surface area contributed by atoms with Crippen molar-refractivity contribution in [1.29, 1.82) is 0 Å². The molecule has 1 atom stereocenters. The first kappa shape index (κ1) is 31.0. The molecule has 1 N–H and O–H groups in total. The number of rotatable bonds is 15. The standard InChI is InChI=1S/C25H39F4N3O3/c1-6-20(33)10-8-14-31(7-2)16-22(35)30-23(4,5)13-12-19(3)21(34)11-9-15-32-17-24(26,27)25(28,29)18-32/h8-11,19H,6-7,12-18H2,1-5H3,(H,30,35)/b10-8+,11-9+. The third-order valence-electron chi connectivity index (χ3n) is 6.02. The van der Waals surface area contributed by atoms with Gasteiger partial charge in [-0.15, -0.1) is 0 Å². The molecule has 6 nitrogen and oxygen atoms in total. The van der Waals surface area contributed by atoms with Crippen LogP contribution in [0.25, 0.3) is 0 Å². The zero-order chi connectivity index (χ0) is 26.9. The number of likely N-dealkylation sites (tertiary alicyclic amines) is 1. The molecule has 200 valence electrons. The summed E-state index contributed by atoms with van der Waals surface area (Å²) in [6.45, 7) is 8.24. The largest absolute Gasteiger partial charge is 0.350 e. The van der Waals surface area contributed by atoms with E-state index in [0.29, 0.717) is 32.4 Å². The van der Waals surface area contributed by atoms with Gasteiger partial charge in [-0.1, -0.05) is 32.9 Å². The highest BCUT2D eigenvalue weighted by atomic mass is 19.3. The van der Waals surface area contributed by atoms with E-state index in [1.165, 1.54) is 18.2 Å². The predicted molar refractivity (Wildman–Crippen MR) is 128 cm³/mol. The summed E-state index contributed by atoms with van der Waals surface area (Å²) in [7, 11) is 0. The van der Waals surface area contributed by atoms with Crippen LogP contribution in [0.4, 0.5) is 17.6 Å². The van der Waals surface area contributed by atoms with Crippen molar-refractivity contribution in [3.8, 4) is 0 Å². The number of carbonyl (C=O) groups excluding carboxylic acids is 3. The van der Waals surface area contributed by atoms with Crippen LogP contribution in [0.1, 0.15) is 53.9 Å². The first-order chi connectivity index (χ1) is 16.1. The van der Waals surface area contributed by atoms with Crippen LogP contribution in [0.15, 0.2) is 24.3 Å². The Labute approximate surface area is 205 Å². The Balaban J connectivity index is 2.45. The maximum absolute atomic E-state index is 13.2. The Hall–Kier alpha value is -2.07. The molecule has 0 radical (unpaired) electrons. The molecule has 10 heteroatoms. The van der Waals surface area contributed by atoms with Gasteiger partial charge >= 0.3 is 11.8 Å². The molecule has 35 heavy (non-hydrogen) atoms. The van der Waals surface area contributed by atoms with Crippen molar-refractivity contribution < 1.29 is 31.9 Å². The fourth-order valence-corrected chi connectivity index (χ4v) is 3.62. The average molecular weight is 506 g/mol. The summed E-state index contributed by atoms with van der Waals surface area (Å²) in [4.78, 5) is 39.0. The summed E-state index contributed by atoms with van der Waals surface area (Å²) >= 11 is 0. The molecule has 0 bridgehead atoms. The van der Waals surface area contributed by atoms with Crippen molar-refractivity contribution in [1.82, 2.24) is 15.1 Å². The zero-order valence-electron chi connectivity index (χ0n) is 21.4. The summed E-state index contributed by atoms with van der Waals surface area (Å²) in [6, 6.07) is 0. The number of carbonyl (C=O) groups is 3. The summed E-state index contributed by atoms with van der Waals surface area (Å²) in [5.41, 5.74) is -0.560. The quantitative estimate of drug-likeness (QED) is 0.270. The minimum Gasteiger partial charge on any atom is -0.350 e. The highest BCUT2D eigenvalue weighted by Gasteiger charge is 2.62. The fourth-order valence-electron chi connectivity index (χ4n) is 3.62.